The first kappa shape index (κ1) is 15.5. The number of carboxylic acids is 1. The second-order valence-corrected chi connectivity index (χ2v) is 5.65. The lowest BCUT2D eigenvalue weighted by Gasteiger charge is -2.14. The summed E-state index contributed by atoms with van der Waals surface area (Å²) in [6.45, 7) is 0.0587. The van der Waals surface area contributed by atoms with Crippen molar-refractivity contribution in [1.29, 1.82) is 0 Å². The van der Waals surface area contributed by atoms with E-state index in [0.717, 1.165) is 3.57 Å². The van der Waals surface area contributed by atoms with Crippen LogP contribution in [-0.4, -0.2) is 23.5 Å². The van der Waals surface area contributed by atoms with E-state index in [0.29, 0.717) is 11.1 Å². The Morgan fingerprint density at radius 1 is 1.05 bits per heavy atom. The van der Waals surface area contributed by atoms with Gasteiger partial charge in [-0.3, -0.25) is 9.59 Å². The lowest BCUT2D eigenvalue weighted by atomic mass is 9.99. The zero-order chi connectivity index (χ0) is 15.2. The highest BCUT2D eigenvalue weighted by Crippen LogP contribution is 2.16. The molecule has 0 saturated carbocycles. The largest absolute Gasteiger partial charge is 0.481 e. The molecule has 2 aromatic carbocycles. The molecule has 2 aromatic rings. The molecule has 0 bridgehead atoms. The molecule has 0 aliphatic carbocycles. The van der Waals surface area contributed by atoms with Gasteiger partial charge in [-0.25, -0.2) is 0 Å². The van der Waals surface area contributed by atoms with Crippen LogP contribution in [0.4, 0.5) is 0 Å². The van der Waals surface area contributed by atoms with Crippen LogP contribution in [0.3, 0.4) is 0 Å². The number of halogens is 1. The Bertz CT molecular complexity index is 643. The van der Waals surface area contributed by atoms with Crippen molar-refractivity contribution in [3.8, 4) is 0 Å². The molecule has 0 radical (unpaired) electrons. The van der Waals surface area contributed by atoms with Crippen LogP contribution in [0.2, 0.25) is 0 Å². The van der Waals surface area contributed by atoms with E-state index in [9.17, 15) is 14.7 Å². The molecule has 21 heavy (non-hydrogen) atoms. The van der Waals surface area contributed by atoms with Gasteiger partial charge in [0.15, 0.2) is 0 Å². The van der Waals surface area contributed by atoms with E-state index in [2.05, 4.69) is 27.9 Å². The van der Waals surface area contributed by atoms with Crippen molar-refractivity contribution in [2.75, 3.05) is 6.54 Å². The van der Waals surface area contributed by atoms with Crippen LogP contribution in [0.25, 0.3) is 0 Å². The van der Waals surface area contributed by atoms with Crippen molar-refractivity contribution in [3.63, 3.8) is 0 Å². The smallest absolute Gasteiger partial charge is 0.312 e. The summed E-state index contributed by atoms with van der Waals surface area (Å²) in [5.74, 6) is -1.97. The van der Waals surface area contributed by atoms with Crippen molar-refractivity contribution in [1.82, 2.24) is 5.32 Å². The zero-order valence-electron chi connectivity index (χ0n) is 11.1. The molecule has 108 valence electrons. The Hall–Kier alpha value is -1.89. The Balaban J connectivity index is 2.08. The minimum Gasteiger partial charge on any atom is -0.481 e. The van der Waals surface area contributed by atoms with Crippen molar-refractivity contribution < 1.29 is 14.7 Å². The molecule has 0 heterocycles. The predicted molar refractivity (Wildman–Crippen MR) is 88.3 cm³/mol. The predicted octanol–water partition coefficient (Wildman–Crippen LogP) is 2.89. The Kier molecular flexibility index (Phi) is 5.32. The molecular weight excluding hydrogens is 381 g/mol. The van der Waals surface area contributed by atoms with E-state index in [1.165, 1.54) is 0 Å². The fourth-order valence-electron chi connectivity index (χ4n) is 1.97. The summed E-state index contributed by atoms with van der Waals surface area (Å²) in [7, 11) is 0. The molecule has 1 amide bonds. The highest BCUT2D eigenvalue weighted by atomic mass is 127. The molecule has 0 aliphatic rings. The lowest BCUT2D eigenvalue weighted by Crippen LogP contribution is -2.32. The summed E-state index contributed by atoms with van der Waals surface area (Å²) >= 11 is 2.08. The van der Waals surface area contributed by atoms with Gasteiger partial charge in [-0.2, -0.15) is 0 Å². The zero-order valence-corrected chi connectivity index (χ0v) is 13.3. The SMILES string of the molecule is O=C(NCC(C(=O)O)c1ccccc1)c1ccccc1I. The minimum absolute atomic E-state index is 0.0587. The van der Waals surface area contributed by atoms with Gasteiger partial charge in [0.05, 0.1) is 11.5 Å². The van der Waals surface area contributed by atoms with Crippen LogP contribution in [0.5, 0.6) is 0 Å². The number of aliphatic carboxylic acids is 1. The van der Waals surface area contributed by atoms with Crippen LogP contribution < -0.4 is 5.32 Å². The Morgan fingerprint density at radius 2 is 1.67 bits per heavy atom. The van der Waals surface area contributed by atoms with Crippen LogP contribution in [0.1, 0.15) is 21.8 Å². The summed E-state index contributed by atoms with van der Waals surface area (Å²) < 4.78 is 0.833. The fraction of sp³-hybridized carbons (Fsp3) is 0.125. The number of hydrogen-bond donors (Lipinski definition) is 2. The lowest BCUT2D eigenvalue weighted by molar-refractivity contribution is -0.138. The molecule has 2 N–H and O–H groups in total. The molecule has 2 rings (SSSR count). The quantitative estimate of drug-likeness (QED) is 0.766. The number of hydrogen-bond acceptors (Lipinski definition) is 2. The number of benzene rings is 2. The topological polar surface area (TPSA) is 66.4 Å². The van der Waals surface area contributed by atoms with Gasteiger partial charge in [-0.1, -0.05) is 42.5 Å². The van der Waals surface area contributed by atoms with E-state index in [4.69, 9.17) is 0 Å². The maximum Gasteiger partial charge on any atom is 0.312 e. The molecule has 5 heteroatoms. The van der Waals surface area contributed by atoms with Gasteiger partial charge in [0.2, 0.25) is 0 Å². The van der Waals surface area contributed by atoms with Crippen molar-refractivity contribution in [2.45, 2.75) is 5.92 Å². The van der Waals surface area contributed by atoms with Crippen molar-refractivity contribution in [3.05, 3.63) is 69.3 Å². The highest BCUT2D eigenvalue weighted by Gasteiger charge is 2.21. The first-order valence-electron chi connectivity index (χ1n) is 6.40. The number of rotatable bonds is 5. The molecule has 4 nitrogen and oxygen atoms in total. The molecule has 1 unspecified atom stereocenters. The van der Waals surface area contributed by atoms with Crippen LogP contribution >= 0.6 is 22.6 Å². The molecule has 0 spiro atoms. The van der Waals surface area contributed by atoms with E-state index in [1.807, 2.05) is 18.2 Å². The summed E-state index contributed by atoms with van der Waals surface area (Å²) in [6, 6.07) is 16.1. The molecular formula is C16H14INO3. The number of amides is 1. The molecule has 0 saturated heterocycles. The third-order valence-corrected chi connectivity index (χ3v) is 4.03. The van der Waals surface area contributed by atoms with Crippen LogP contribution in [0, 0.1) is 3.57 Å². The van der Waals surface area contributed by atoms with E-state index in [-0.39, 0.29) is 12.5 Å². The maximum atomic E-state index is 12.1. The average molecular weight is 395 g/mol. The molecule has 0 aliphatic heterocycles. The van der Waals surface area contributed by atoms with Gasteiger partial charge >= 0.3 is 5.97 Å². The number of nitrogens with one attached hydrogen (secondary N) is 1. The Labute approximate surface area is 136 Å². The normalized spacial score (nSPS) is 11.7. The maximum absolute atomic E-state index is 12.1. The van der Waals surface area contributed by atoms with Crippen LogP contribution in [-0.2, 0) is 4.79 Å². The summed E-state index contributed by atoms with van der Waals surface area (Å²) in [5.41, 5.74) is 1.23. The Morgan fingerprint density at radius 3 is 2.29 bits per heavy atom. The third kappa shape index (κ3) is 4.04. The van der Waals surface area contributed by atoms with Gasteiger partial charge in [-0.15, -0.1) is 0 Å². The second kappa shape index (κ2) is 7.21. The summed E-state index contributed by atoms with van der Waals surface area (Å²) in [4.78, 5) is 23.5. The average Bonchev–Trinajstić information content (AvgIpc) is 2.48. The number of carboxylic acid groups (broad SMARTS) is 1. The van der Waals surface area contributed by atoms with Gasteiger partial charge < -0.3 is 10.4 Å². The van der Waals surface area contributed by atoms with Gasteiger partial charge in [0.25, 0.3) is 5.91 Å². The van der Waals surface area contributed by atoms with Gasteiger partial charge in [0.1, 0.15) is 0 Å². The van der Waals surface area contributed by atoms with Gasteiger partial charge in [0, 0.05) is 10.1 Å². The van der Waals surface area contributed by atoms with Crippen molar-refractivity contribution in [2.24, 2.45) is 0 Å². The summed E-state index contributed by atoms with van der Waals surface area (Å²) in [5, 5.41) is 12.0. The first-order chi connectivity index (χ1) is 10.1. The van der Waals surface area contributed by atoms with Crippen molar-refractivity contribution >= 4 is 34.5 Å². The van der Waals surface area contributed by atoms with E-state index >= 15 is 0 Å². The standard InChI is InChI=1S/C16H14INO3/c17-14-9-5-4-8-12(14)15(19)18-10-13(16(20)21)11-6-2-1-3-7-11/h1-9,13H,10H2,(H,18,19)(H,20,21). The highest BCUT2D eigenvalue weighted by molar-refractivity contribution is 14.1. The third-order valence-electron chi connectivity index (χ3n) is 3.09. The molecule has 0 aromatic heterocycles. The monoisotopic (exact) mass is 395 g/mol. The first-order valence-corrected chi connectivity index (χ1v) is 7.48. The van der Waals surface area contributed by atoms with E-state index in [1.54, 1.807) is 36.4 Å². The van der Waals surface area contributed by atoms with E-state index < -0.39 is 11.9 Å². The second-order valence-electron chi connectivity index (χ2n) is 4.49. The van der Waals surface area contributed by atoms with Crippen LogP contribution in [0.15, 0.2) is 54.6 Å². The minimum atomic E-state index is -0.954. The van der Waals surface area contributed by atoms with Gasteiger partial charge in [-0.05, 0) is 40.3 Å². The number of carbonyl (C=O) groups excluding carboxylic acids is 1. The number of carbonyl (C=O) groups is 2. The fourth-order valence-corrected chi connectivity index (χ4v) is 2.60. The molecule has 0 fully saturated rings. The summed E-state index contributed by atoms with van der Waals surface area (Å²) in [6.07, 6.45) is 0. The molecule has 1 atom stereocenters.